The highest BCUT2D eigenvalue weighted by Crippen LogP contribution is 2.51. The van der Waals surface area contributed by atoms with Gasteiger partial charge in [-0.3, -0.25) is 9.36 Å². The van der Waals surface area contributed by atoms with Gasteiger partial charge in [-0.1, -0.05) is 56.3 Å². The van der Waals surface area contributed by atoms with Gasteiger partial charge in [0.1, 0.15) is 12.4 Å². The van der Waals surface area contributed by atoms with Crippen molar-refractivity contribution in [3.8, 4) is 0 Å². The number of aliphatic carboxylic acids is 1. The van der Waals surface area contributed by atoms with Crippen LogP contribution in [-0.4, -0.2) is 40.0 Å². The average molecular weight is 476 g/mol. The third-order valence-electron chi connectivity index (χ3n) is 4.82. The van der Waals surface area contributed by atoms with Gasteiger partial charge >= 0.3 is 12.1 Å². The number of carbonyl (C=O) groups excluding carboxylic acids is 1. The standard InChI is InChI=1S/C22H29N4O6P/c1-14(2)19(26-22(29)32-12-15-7-4-3-5-8-15)33(30,31)13-18(20(27)28)16-9-6-10-17(11-16)25-21(23)24/h3-11,14,18-19H,12-13H2,1-2H3,(H,26,29)(H,27,28)(H,30,31)(H4,23,24,25). The molecule has 1 amide bonds. The molecule has 2 rings (SSSR count). The monoisotopic (exact) mass is 476 g/mol. The summed E-state index contributed by atoms with van der Waals surface area (Å²) in [6, 6.07) is 15.0. The average Bonchev–Trinajstić information content (AvgIpc) is 2.74. The molecule has 0 aromatic heterocycles. The van der Waals surface area contributed by atoms with Crippen LogP contribution in [0.2, 0.25) is 0 Å². The van der Waals surface area contributed by atoms with Crippen molar-refractivity contribution in [3.05, 3.63) is 65.7 Å². The first-order valence-corrected chi connectivity index (χ1v) is 12.1. The number of nitrogens with zero attached hydrogens (tertiary/aromatic N) is 1. The Morgan fingerprint density at radius 1 is 1.12 bits per heavy atom. The molecule has 0 heterocycles. The van der Waals surface area contributed by atoms with Crippen LogP contribution >= 0.6 is 7.37 Å². The van der Waals surface area contributed by atoms with E-state index in [2.05, 4.69) is 10.3 Å². The summed E-state index contributed by atoms with van der Waals surface area (Å²) in [4.78, 5) is 39.0. The summed E-state index contributed by atoms with van der Waals surface area (Å²) in [5.41, 5.74) is 12.1. The van der Waals surface area contributed by atoms with Gasteiger partial charge in [-0.05, 0) is 29.2 Å². The Balaban J connectivity index is 2.18. The number of nitrogens with one attached hydrogen (secondary N) is 1. The lowest BCUT2D eigenvalue weighted by atomic mass is 10.0. The molecule has 0 aliphatic heterocycles. The van der Waals surface area contributed by atoms with Crippen LogP contribution in [-0.2, 0) is 20.7 Å². The molecular weight excluding hydrogens is 447 g/mol. The lowest BCUT2D eigenvalue weighted by molar-refractivity contribution is -0.138. The van der Waals surface area contributed by atoms with Crippen LogP contribution in [0, 0.1) is 5.92 Å². The van der Waals surface area contributed by atoms with E-state index in [9.17, 15) is 24.2 Å². The molecule has 2 aromatic rings. The molecule has 0 aliphatic carbocycles. The van der Waals surface area contributed by atoms with Crippen LogP contribution in [0.15, 0.2) is 59.6 Å². The van der Waals surface area contributed by atoms with Crippen molar-refractivity contribution in [2.45, 2.75) is 32.2 Å². The fourth-order valence-electron chi connectivity index (χ4n) is 3.28. The number of alkyl carbamates (subject to hydrolysis) is 1. The van der Waals surface area contributed by atoms with Crippen molar-refractivity contribution in [2.24, 2.45) is 22.4 Å². The van der Waals surface area contributed by atoms with E-state index in [0.717, 1.165) is 5.56 Å². The number of carboxylic acid groups (broad SMARTS) is 1. The van der Waals surface area contributed by atoms with Gasteiger partial charge in [-0.15, -0.1) is 0 Å². The second kappa shape index (κ2) is 11.5. The first kappa shape index (κ1) is 25.9. The largest absolute Gasteiger partial charge is 0.481 e. The molecule has 0 spiro atoms. The number of nitrogens with two attached hydrogens (primary N) is 2. The van der Waals surface area contributed by atoms with E-state index in [1.165, 1.54) is 12.1 Å². The van der Waals surface area contributed by atoms with E-state index < -0.39 is 43.2 Å². The molecule has 10 nitrogen and oxygen atoms in total. The molecule has 0 saturated heterocycles. The van der Waals surface area contributed by atoms with Gasteiger partial charge in [-0.2, -0.15) is 0 Å². The number of hydrogen-bond acceptors (Lipinski definition) is 5. The second-order valence-electron chi connectivity index (χ2n) is 7.86. The third kappa shape index (κ3) is 7.93. The molecule has 7 N–H and O–H groups in total. The molecule has 11 heteroatoms. The Labute approximate surface area is 192 Å². The number of aliphatic imine (C=N–C) groups is 1. The van der Waals surface area contributed by atoms with Gasteiger partial charge in [-0.25, -0.2) is 9.79 Å². The number of carbonyl (C=O) groups is 2. The van der Waals surface area contributed by atoms with Gasteiger partial charge < -0.3 is 31.5 Å². The van der Waals surface area contributed by atoms with Crippen LogP contribution in [0.1, 0.15) is 30.9 Å². The molecule has 3 unspecified atom stereocenters. The summed E-state index contributed by atoms with van der Waals surface area (Å²) >= 11 is 0. The zero-order valence-corrected chi connectivity index (χ0v) is 19.3. The predicted molar refractivity (Wildman–Crippen MR) is 125 cm³/mol. The highest BCUT2D eigenvalue weighted by atomic mass is 31.2. The van der Waals surface area contributed by atoms with Crippen LogP contribution < -0.4 is 16.8 Å². The summed E-state index contributed by atoms with van der Waals surface area (Å²) < 4.78 is 18.4. The minimum atomic E-state index is -4.20. The number of hydrogen-bond donors (Lipinski definition) is 5. The van der Waals surface area contributed by atoms with Crippen LogP contribution in [0.3, 0.4) is 0 Å². The van der Waals surface area contributed by atoms with E-state index in [1.807, 2.05) is 6.07 Å². The summed E-state index contributed by atoms with van der Waals surface area (Å²) in [6.07, 6.45) is -1.47. The SMILES string of the molecule is CC(C)C(NC(=O)OCc1ccccc1)P(=O)(O)CC(C(=O)O)c1cccc(N=C(N)N)c1. The summed E-state index contributed by atoms with van der Waals surface area (Å²) in [6.45, 7) is 3.29. The maximum Gasteiger partial charge on any atom is 0.408 e. The molecule has 178 valence electrons. The summed E-state index contributed by atoms with van der Waals surface area (Å²) in [5, 5.41) is 12.2. The van der Waals surface area contributed by atoms with Crippen LogP contribution in [0.4, 0.5) is 10.5 Å². The van der Waals surface area contributed by atoms with Crippen LogP contribution in [0.5, 0.6) is 0 Å². The molecule has 33 heavy (non-hydrogen) atoms. The maximum absolute atomic E-state index is 13.3. The van der Waals surface area contributed by atoms with Crippen molar-refractivity contribution in [3.63, 3.8) is 0 Å². The quantitative estimate of drug-likeness (QED) is 0.197. The highest BCUT2D eigenvalue weighted by molar-refractivity contribution is 7.58. The molecule has 0 bridgehead atoms. The number of benzene rings is 2. The highest BCUT2D eigenvalue weighted by Gasteiger charge is 2.39. The third-order valence-corrected chi connectivity index (χ3v) is 7.30. The van der Waals surface area contributed by atoms with Crippen molar-refractivity contribution < 1.29 is 28.9 Å². The molecule has 3 atom stereocenters. The molecule has 0 radical (unpaired) electrons. The van der Waals surface area contributed by atoms with Crippen molar-refractivity contribution in [1.29, 1.82) is 0 Å². The van der Waals surface area contributed by atoms with E-state index >= 15 is 0 Å². The predicted octanol–water partition coefficient (Wildman–Crippen LogP) is 2.94. The van der Waals surface area contributed by atoms with Crippen molar-refractivity contribution in [2.75, 3.05) is 6.16 Å². The Hall–Kier alpha value is -3.36. The summed E-state index contributed by atoms with van der Waals surface area (Å²) in [5.74, 6) is -4.49. The van der Waals surface area contributed by atoms with Crippen LogP contribution in [0.25, 0.3) is 0 Å². The zero-order chi connectivity index (χ0) is 24.6. The fourth-order valence-corrected chi connectivity index (χ4v) is 5.64. The fraction of sp³-hybridized carbons (Fsp3) is 0.318. The molecule has 0 fully saturated rings. The zero-order valence-electron chi connectivity index (χ0n) is 18.4. The Bertz CT molecular complexity index is 1040. The Kier molecular flexibility index (Phi) is 9.02. The van der Waals surface area contributed by atoms with Gasteiger partial charge in [0.25, 0.3) is 0 Å². The minimum Gasteiger partial charge on any atom is -0.481 e. The van der Waals surface area contributed by atoms with E-state index in [1.54, 1.807) is 50.2 Å². The van der Waals surface area contributed by atoms with E-state index in [4.69, 9.17) is 16.2 Å². The van der Waals surface area contributed by atoms with Gasteiger partial charge in [0, 0.05) is 6.16 Å². The number of carboxylic acids is 1. The van der Waals surface area contributed by atoms with Gasteiger partial charge in [0.2, 0.25) is 7.37 Å². The maximum atomic E-state index is 13.3. The van der Waals surface area contributed by atoms with Gasteiger partial charge in [0.05, 0.1) is 11.6 Å². The van der Waals surface area contributed by atoms with E-state index in [0.29, 0.717) is 5.69 Å². The molecule has 0 aliphatic rings. The Morgan fingerprint density at radius 2 is 1.79 bits per heavy atom. The lowest BCUT2D eigenvalue weighted by Gasteiger charge is -2.29. The van der Waals surface area contributed by atoms with Gasteiger partial charge in [0.15, 0.2) is 5.96 Å². The van der Waals surface area contributed by atoms with Crippen molar-refractivity contribution >= 4 is 31.1 Å². The number of ether oxygens (including phenoxy) is 1. The second-order valence-corrected chi connectivity index (χ2v) is 10.3. The lowest BCUT2D eigenvalue weighted by Crippen LogP contribution is -2.40. The number of rotatable bonds is 10. The molecule has 2 aromatic carbocycles. The normalized spacial score (nSPS) is 14.5. The first-order chi connectivity index (χ1) is 15.5. The first-order valence-electron chi connectivity index (χ1n) is 10.2. The Morgan fingerprint density at radius 3 is 2.36 bits per heavy atom. The molecule has 0 saturated carbocycles. The van der Waals surface area contributed by atoms with E-state index in [-0.39, 0.29) is 18.1 Å². The number of amides is 1. The topological polar surface area (TPSA) is 177 Å². The minimum absolute atomic E-state index is 0.0114. The molecular formula is C22H29N4O6P. The smallest absolute Gasteiger partial charge is 0.408 e. The van der Waals surface area contributed by atoms with Crippen molar-refractivity contribution in [1.82, 2.24) is 5.32 Å². The number of guanidine groups is 1. The summed E-state index contributed by atoms with van der Waals surface area (Å²) in [7, 11) is -4.20.